The van der Waals surface area contributed by atoms with Gasteiger partial charge < -0.3 is 16.9 Å². The number of carbonyl (C=O) groups excluding carboxylic acids is 1. The molecule has 0 aromatic heterocycles. The maximum atomic E-state index is 10.2. The van der Waals surface area contributed by atoms with E-state index in [1.807, 2.05) is 13.8 Å². The number of rotatable bonds is 2. The minimum atomic E-state index is -0.491. The highest BCUT2D eigenvalue weighted by molar-refractivity contribution is 5.79. The van der Waals surface area contributed by atoms with E-state index in [9.17, 15) is 4.79 Å². The first-order valence-corrected chi connectivity index (χ1v) is 2.60. The zero-order chi connectivity index (χ0) is 6.73. The molecule has 0 fully saturated rings. The third-order valence-electron chi connectivity index (χ3n) is 1.05. The molecule has 1 amide bonds. The summed E-state index contributed by atoms with van der Waals surface area (Å²) in [5.74, 6) is -0.285. The molecule has 9 heavy (non-hydrogen) atoms. The number of hydrogen-bond acceptors (Lipinski definition) is 2. The summed E-state index contributed by atoms with van der Waals surface area (Å²) in [7, 11) is 0. The quantitative estimate of drug-likeness (QED) is 0.486. The van der Waals surface area contributed by atoms with E-state index in [2.05, 4.69) is 0 Å². The van der Waals surface area contributed by atoms with Crippen molar-refractivity contribution in [1.82, 2.24) is 0 Å². The Labute approximate surface area is 54.5 Å². The number of carbonyl (C=O) groups is 1. The SMILES string of the molecule is CC(C)C(N)C(N)=O.O. The highest BCUT2D eigenvalue weighted by atomic mass is 16.1. The molecule has 56 valence electrons. The van der Waals surface area contributed by atoms with Crippen molar-refractivity contribution >= 4 is 5.91 Å². The molecule has 0 aliphatic heterocycles. The normalized spacial score (nSPS) is 12.4. The molecule has 0 spiro atoms. The van der Waals surface area contributed by atoms with Crippen molar-refractivity contribution in [3.8, 4) is 0 Å². The average Bonchev–Trinajstić information content (AvgIpc) is 1.64. The zero-order valence-corrected chi connectivity index (χ0v) is 5.72. The molecule has 0 saturated heterocycles. The lowest BCUT2D eigenvalue weighted by atomic mass is 10.1. The van der Waals surface area contributed by atoms with E-state index in [0.29, 0.717) is 0 Å². The van der Waals surface area contributed by atoms with Crippen molar-refractivity contribution in [3.05, 3.63) is 0 Å². The third-order valence-corrected chi connectivity index (χ3v) is 1.05. The molecule has 1 unspecified atom stereocenters. The Morgan fingerprint density at radius 2 is 1.78 bits per heavy atom. The van der Waals surface area contributed by atoms with Gasteiger partial charge in [-0.3, -0.25) is 4.79 Å². The molecule has 0 radical (unpaired) electrons. The van der Waals surface area contributed by atoms with Crippen molar-refractivity contribution in [2.75, 3.05) is 0 Å². The Bertz CT molecular complexity index is 93.0. The maximum absolute atomic E-state index is 10.2. The summed E-state index contributed by atoms with van der Waals surface area (Å²) in [4.78, 5) is 10.2. The average molecular weight is 134 g/mol. The minimum absolute atomic E-state index is 0. The molecule has 4 nitrogen and oxygen atoms in total. The second kappa shape index (κ2) is 4.29. The predicted octanol–water partition coefficient (Wildman–Crippen LogP) is -1.37. The Morgan fingerprint density at radius 1 is 1.44 bits per heavy atom. The van der Waals surface area contributed by atoms with Crippen LogP contribution in [-0.2, 0) is 4.79 Å². The molecule has 6 N–H and O–H groups in total. The van der Waals surface area contributed by atoms with Crippen molar-refractivity contribution in [3.63, 3.8) is 0 Å². The summed E-state index contributed by atoms with van der Waals surface area (Å²) < 4.78 is 0. The third kappa shape index (κ3) is 3.93. The number of amides is 1. The molecule has 0 aliphatic rings. The number of hydrogen-bond donors (Lipinski definition) is 2. The fraction of sp³-hybridized carbons (Fsp3) is 0.800. The van der Waals surface area contributed by atoms with Gasteiger partial charge in [0.15, 0.2) is 0 Å². The first kappa shape index (κ1) is 11.2. The standard InChI is InChI=1S/C5H12N2O.H2O/c1-3(2)4(6)5(7)8;/h3-4H,6H2,1-2H3,(H2,7,8);1H2. The van der Waals surface area contributed by atoms with Crippen LogP contribution in [0, 0.1) is 5.92 Å². The smallest absolute Gasteiger partial charge is 0.234 e. The molecule has 1 atom stereocenters. The van der Waals surface area contributed by atoms with Crippen molar-refractivity contribution in [2.24, 2.45) is 17.4 Å². The zero-order valence-electron chi connectivity index (χ0n) is 5.72. The predicted molar refractivity (Wildman–Crippen MR) is 35.6 cm³/mol. The van der Waals surface area contributed by atoms with Gasteiger partial charge in [0.1, 0.15) is 0 Å². The largest absolute Gasteiger partial charge is 0.412 e. The summed E-state index contributed by atoms with van der Waals surface area (Å²) in [6.45, 7) is 3.71. The number of primary amides is 1. The molecule has 0 rings (SSSR count). The van der Waals surface area contributed by atoms with Crippen LogP contribution >= 0.6 is 0 Å². The van der Waals surface area contributed by atoms with Gasteiger partial charge in [0.2, 0.25) is 5.91 Å². The Morgan fingerprint density at radius 3 is 1.78 bits per heavy atom. The molecule has 0 bridgehead atoms. The fourth-order valence-corrected chi connectivity index (χ4v) is 0.329. The van der Waals surface area contributed by atoms with Crippen LogP contribution < -0.4 is 11.5 Å². The highest BCUT2D eigenvalue weighted by Gasteiger charge is 2.12. The van der Waals surface area contributed by atoms with E-state index >= 15 is 0 Å². The van der Waals surface area contributed by atoms with Gasteiger partial charge in [-0.25, -0.2) is 0 Å². The van der Waals surface area contributed by atoms with Gasteiger partial charge in [-0.2, -0.15) is 0 Å². The summed E-state index contributed by atoms with van der Waals surface area (Å²) in [5, 5.41) is 0. The second-order valence-corrected chi connectivity index (χ2v) is 2.17. The van der Waals surface area contributed by atoms with E-state index in [1.54, 1.807) is 0 Å². The summed E-state index contributed by atoms with van der Waals surface area (Å²) in [6.07, 6.45) is 0. The van der Waals surface area contributed by atoms with Gasteiger partial charge in [-0.15, -0.1) is 0 Å². The van der Waals surface area contributed by atoms with Gasteiger partial charge in [-0.05, 0) is 5.92 Å². The van der Waals surface area contributed by atoms with Crippen LogP contribution in [0.1, 0.15) is 13.8 Å². The first-order chi connectivity index (χ1) is 3.55. The highest BCUT2D eigenvalue weighted by Crippen LogP contribution is 1.95. The molecule has 0 saturated carbocycles. The van der Waals surface area contributed by atoms with Crippen LogP contribution in [0.25, 0.3) is 0 Å². The van der Waals surface area contributed by atoms with Gasteiger partial charge >= 0.3 is 0 Å². The van der Waals surface area contributed by atoms with E-state index in [-0.39, 0.29) is 11.4 Å². The van der Waals surface area contributed by atoms with E-state index in [0.717, 1.165) is 0 Å². The lowest BCUT2D eigenvalue weighted by Gasteiger charge is -2.09. The fourth-order valence-electron chi connectivity index (χ4n) is 0.329. The molecule has 0 aromatic rings. The van der Waals surface area contributed by atoms with E-state index in [1.165, 1.54) is 0 Å². The van der Waals surface area contributed by atoms with Crippen LogP contribution in [0.15, 0.2) is 0 Å². The molecule has 0 aliphatic carbocycles. The molecular formula is C5H14N2O2. The number of nitrogens with two attached hydrogens (primary N) is 2. The first-order valence-electron chi connectivity index (χ1n) is 2.60. The van der Waals surface area contributed by atoms with Crippen LogP contribution in [0.3, 0.4) is 0 Å². The molecular weight excluding hydrogens is 120 g/mol. The summed E-state index contributed by atoms with van der Waals surface area (Å²) in [5.41, 5.74) is 10.2. The van der Waals surface area contributed by atoms with Crippen molar-refractivity contribution in [1.29, 1.82) is 0 Å². The van der Waals surface area contributed by atoms with Gasteiger partial charge in [0.25, 0.3) is 0 Å². The van der Waals surface area contributed by atoms with Crippen molar-refractivity contribution in [2.45, 2.75) is 19.9 Å². The van der Waals surface area contributed by atoms with Crippen LogP contribution in [0.5, 0.6) is 0 Å². The monoisotopic (exact) mass is 134 g/mol. The molecule has 4 heteroatoms. The Kier molecular flexibility index (Phi) is 5.34. The van der Waals surface area contributed by atoms with Gasteiger partial charge in [0.05, 0.1) is 6.04 Å². The summed E-state index contributed by atoms with van der Waals surface area (Å²) >= 11 is 0. The topological polar surface area (TPSA) is 101 Å². The lowest BCUT2D eigenvalue weighted by Crippen LogP contribution is -2.40. The molecule has 0 heterocycles. The minimum Gasteiger partial charge on any atom is -0.412 e. The van der Waals surface area contributed by atoms with Crippen LogP contribution in [0.2, 0.25) is 0 Å². The van der Waals surface area contributed by atoms with Gasteiger partial charge in [-0.1, -0.05) is 13.8 Å². The Hall–Kier alpha value is -0.610. The summed E-state index contributed by atoms with van der Waals surface area (Å²) in [6, 6.07) is -0.491. The lowest BCUT2D eigenvalue weighted by molar-refractivity contribution is -0.120. The van der Waals surface area contributed by atoms with E-state index in [4.69, 9.17) is 11.5 Å². The van der Waals surface area contributed by atoms with Gasteiger partial charge in [0, 0.05) is 0 Å². The van der Waals surface area contributed by atoms with Crippen LogP contribution in [0.4, 0.5) is 0 Å². The Balaban J connectivity index is 0. The van der Waals surface area contributed by atoms with E-state index < -0.39 is 11.9 Å². The van der Waals surface area contributed by atoms with Crippen molar-refractivity contribution < 1.29 is 10.3 Å². The van der Waals surface area contributed by atoms with Crippen LogP contribution in [-0.4, -0.2) is 17.4 Å². The maximum Gasteiger partial charge on any atom is 0.234 e. The molecule has 0 aromatic carbocycles. The second-order valence-electron chi connectivity index (χ2n) is 2.17.